The summed E-state index contributed by atoms with van der Waals surface area (Å²) in [7, 11) is 0. The molecule has 1 aliphatic rings. The van der Waals surface area contributed by atoms with Gasteiger partial charge in [-0.25, -0.2) is 9.97 Å². The predicted octanol–water partition coefficient (Wildman–Crippen LogP) is 1.84. The third kappa shape index (κ3) is 3.97. The number of nitrogens with two attached hydrogens (primary N) is 1. The number of carbonyl (C=O) groups is 1. The van der Waals surface area contributed by atoms with Crippen molar-refractivity contribution in [1.29, 1.82) is 0 Å². The van der Waals surface area contributed by atoms with E-state index in [-0.39, 0.29) is 23.7 Å². The number of aromatic nitrogens is 3. The highest BCUT2D eigenvalue weighted by Gasteiger charge is 2.18. The van der Waals surface area contributed by atoms with Crippen LogP contribution in [0.1, 0.15) is 18.4 Å². The number of nitrogens with zero attached hydrogens (tertiary/aromatic N) is 3. The second-order valence-corrected chi connectivity index (χ2v) is 7.23. The normalized spacial score (nSPS) is 14.8. The van der Waals surface area contributed by atoms with Crippen LogP contribution < -0.4 is 16.6 Å². The Labute approximate surface area is 167 Å². The van der Waals surface area contributed by atoms with E-state index in [1.54, 1.807) is 6.20 Å². The molecular weight excluding hydrogens is 370 g/mol. The van der Waals surface area contributed by atoms with E-state index in [9.17, 15) is 9.59 Å². The summed E-state index contributed by atoms with van der Waals surface area (Å²) in [6.45, 7) is 3.12. The molecule has 3 aromatic rings. The van der Waals surface area contributed by atoms with Crippen LogP contribution in [0.25, 0.3) is 22.2 Å². The smallest absolute Gasteiger partial charge is 0.278 e. The molecule has 1 aromatic carbocycles. The molecule has 29 heavy (non-hydrogen) atoms. The van der Waals surface area contributed by atoms with Gasteiger partial charge in [0.15, 0.2) is 0 Å². The molecule has 1 fully saturated rings. The van der Waals surface area contributed by atoms with Gasteiger partial charge in [-0.2, -0.15) is 0 Å². The lowest BCUT2D eigenvalue weighted by molar-refractivity contribution is -0.118. The first-order chi connectivity index (χ1) is 14.0. The van der Waals surface area contributed by atoms with Crippen molar-refractivity contribution in [2.75, 3.05) is 18.5 Å². The second kappa shape index (κ2) is 8.00. The third-order valence-electron chi connectivity index (χ3n) is 5.14. The highest BCUT2D eigenvalue weighted by atomic mass is 16.5. The number of rotatable bonds is 5. The third-order valence-corrected chi connectivity index (χ3v) is 5.14. The molecule has 0 radical (unpaired) electrons. The highest BCUT2D eigenvalue weighted by Crippen LogP contribution is 2.25. The predicted molar refractivity (Wildman–Crippen MR) is 111 cm³/mol. The molecule has 150 valence electrons. The van der Waals surface area contributed by atoms with Gasteiger partial charge in [0.25, 0.3) is 5.56 Å². The Hall–Kier alpha value is -3.26. The maximum Gasteiger partial charge on any atom is 0.278 e. The van der Waals surface area contributed by atoms with Crippen molar-refractivity contribution in [2.45, 2.75) is 32.4 Å². The van der Waals surface area contributed by atoms with E-state index in [1.165, 1.54) is 4.57 Å². The zero-order valence-electron chi connectivity index (χ0n) is 16.2. The van der Waals surface area contributed by atoms with Gasteiger partial charge in [-0.05, 0) is 31.4 Å². The van der Waals surface area contributed by atoms with E-state index in [0.717, 1.165) is 24.0 Å². The maximum atomic E-state index is 13.2. The van der Waals surface area contributed by atoms with Crippen molar-refractivity contribution in [3.8, 4) is 11.3 Å². The molecule has 1 amide bonds. The fraction of sp³-hybridized carbons (Fsp3) is 0.333. The Balaban J connectivity index is 1.83. The van der Waals surface area contributed by atoms with Gasteiger partial charge in [-0.15, -0.1) is 0 Å². The summed E-state index contributed by atoms with van der Waals surface area (Å²) in [6, 6.07) is 9.72. The van der Waals surface area contributed by atoms with E-state index in [2.05, 4.69) is 15.3 Å². The molecule has 8 heteroatoms. The van der Waals surface area contributed by atoms with Crippen LogP contribution >= 0.6 is 0 Å². The van der Waals surface area contributed by atoms with Crippen LogP contribution in [-0.2, 0) is 16.1 Å². The average Bonchev–Trinajstić information content (AvgIpc) is 2.71. The molecule has 0 unspecified atom stereocenters. The van der Waals surface area contributed by atoms with E-state index >= 15 is 0 Å². The molecule has 3 heterocycles. The van der Waals surface area contributed by atoms with Crippen LogP contribution in [0.3, 0.4) is 0 Å². The van der Waals surface area contributed by atoms with E-state index in [4.69, 9.17) is 10.5 Å². The number of hydrogen-bond donors (Lipinski definition) is 2. The summed E-state index contributed by atoms with van der Waals surface area (Å²) in [4.78, 5) is 33.7. The summed E-state index contributed by atoms with van der Waals surface area (Å²) >= 11 is 0. The van der Waals surface area contributed by atoms with Gasteiger partial charge in [0.05, 0.1) is 5.69 Å². The first kappa shape index (κ1) is 19.1. The molecule has 8 nitrogen and oxygen atoms in total. The monoisotopic (exact) mass is 393 g/mol. The molecule has 3 N–H and O–H groups in total. The fourth-order valence-corrected chi connectivity index (χ4v) is 3.62. The van der Waals surface area contributed by atoms with E-state index in [1.807, 2.05) is 37.3 Å². The number of nitrogens with one attached hydrogen (secondary N) is 1. The van der Waals surface area contributed by atoms with Crippen molar-refractivity contribution < 1.29 is 9.53 Å². The Bertz CT molecular complexity index is 1120. The molecule has 1 aliphatic heterocycles. The van der Waals surface area contributed by atoms with Gasteiger partial charge in [0.1, 0.15) is 12.1 Å². The molecule has 1 saturated heterocycles. The lowest BCUT2D eigenvalue weighted by atomic mass is 10.0. The number of ether oxygens (including phenoxy) is 1. The van der Waals surface area contributed by atoms with Crippen LogP contribution in [-0.4, -0.2) is 39.7 Å². The Morgan fingerprint density at radius 3 is 2.79 bits per heavy atom. The number of primary amides is 1. The molecule has 0 atom stereocenters. The number of aryl methyl sites for hydroxylation is 1. The fourth-order valence-electron chi connectivity index (χ4n) is 3.62. The summed E-state index contributed by atoms with van der Waals surface area (Å²) in [5.74, 6) is -0.188. The molecule has 0 aliphatic carbocycles. The number of hydrogen-bond acceptors (Lipinski definition) is 6. The lowest BCUT2D eigenvalue weighted by Crippen LogP contribution is -2.31. The van der Waals surface area contributed by atoms with Crippen molar-refractivity contribution in [1.82, 2.24) is 14.5 Å². The van der Waals surface area contributed by atoms with Crippen molar-refractivity contribution >= 4 is 22.8 Å². The summed E-state index contributed by atoms with van der Waals surface area (Å²) in [5, 5.41) is 3.89. The van der Waals surface area contributed by atoms with Crippen molar-refractivity contribution in [3.63, 3.8) is 0 Å². The number of fused-ring (bicyclic) bond motifs is 1. The minimum absolute atomic E-state index is 0.209. The standard InChI is InChI=1S/C21H23N5O3/c1-13-4-2-3-5-16(13)17-10-14-11-23-21(24-15-6-8-29-9-7-15)25-19(14)20(28)26(17)12-18(22)27/h2-5,10-11,15H,6-9,12H2,1H3,(H2,22,27)(H,23,24,25). The largest absolute Gasteiger partial charge is 0.381 e. The maximum absolute atomic E-state index is 13.2. The molecule has 0 bridgehead atoms. The van der Waals surface area contributed by atoms with Gasteiger partial charge in [0, 0.05) is 36.4 Å². The zero-order chi connectivity index (χ0) is 20.4. The SMILES string of the molecule is Cc1ccccc1-c1cc2cnc(NC3CCOCC3)nc2c(=O)n1CC(N)=O. The number of carbonyl (C=O) groups excluding carboxylic acids is 1. The Morgan fingerprint density at radius 1 is 1.31 bits per heavy atom. The minimum Gasteiger partial charge on any atom is -0.381 e. The van der Waals surface area contributed by atoms with Crippen molar-refractivity contribution in [3.05, 3.63) is 52.4 Å². The van der Waals surface area contributed by atoms with Gasteiger partial charge in [0.2, 0.25) is 11.9 Å². The number of pyridine rings is 1. The first-order valence-electron chi connectivity index (χ1n) is 9.62. The highest BCUT2D eigenvalue weighted by molar-refractivity contribution is 5.84. The van der Waals surface area contributed by atoms with Crippen molar-refractivity contribution in [2.24, 2.45) is 5.73 Å². The molecule has 0 spiro atoms. The van der Waals surface area contributed by atoms with Crippen LogP contribution in [0, 0.1) is 6.92 Å². The van der Waals surface area contributed by atoms with Crippen LogP contribution in [0.4, 0.5) is 5.95 Å². The summed E-state index contributed by atoms with van der Waals surface area (Å²) < 4.78 is 6.75. The average molecular weight is 393 g/mol. The van der Waals surface area contributed by atoms with E-state index < -0.39 is 5.91 Å². The molecule has 2 aromatic heterocycles. The number of benzene rings is 1. The van der Waals surface area contributed by atoms with Gasteiger partial charge in [-0.3, -0.25) is 14.2 Å². The second-order valence-electron chi connectivity index (χ2n) is 7.23. The van der Waals surface area contributed by atoms with Crippen LogP contribution in [0.2, 0.25) is 0 Å². The molecular formula is C21H23N5O3. The van der Waals surface area contributed by atoms with Gasteiger partial charge >= 0.3 is 0 Å². The minimum atomic E-state index is -0.587. The summed E-state index contributed by atoms with van der Waals surface area (Å²) in [6.07, 6.45) is 3.36. The van der Waals surface area contributed by atoms with Gasteiger partial charge < -0.3 is 15.8 Å². The van der Waals surface area contributed by atoms with Crippen LogP contribution in [0.5, 0.6) is 0 Å². The Kier molecular flexibility index (Phi) is 5.26. The quantitative estimate of drug-likeness (QED) is 0.684. The van der Waals surface area contributed by atoms with Gasteiger partial charge in [-0.1, -0.05) is 24.3 Å². The molecule has 4 rings (SSSR count). The van der Waals surface area contributed by atoms with Crippen LogP contribution in [0.15, 0.2) is 41.3 Å². The first-order valence-corrected chi connectivity index (χ1v) is 9.62. The zero-order valence-corrected chi connectivity index (χ0v) is 16.2. The number of amides is 1. The molecule has 0 saturated carbocycles. The summed E-state index contributed by atoms with van der Waals surface area (Å²) in [5.41, 5.74) is 7.78. The number of anilines is 1. The Morgan fingerprint density at radius 2 is 2.07 bits per heavy atom. The lowest BCUT2D eigenvalue weighted by Gasteiger charge is -2.23. The topological polar surface area (TPSA) is 112 Å². The van der Waals surface area contributed by atoms with E-state index in [0.29, 0.717) is 30.2 Å².